The number of benzene rings is 1. The highest BCUT2D eigenvalue weighted by Gasteiger charge is 2.24. The zero-order valence-electron chi connectivity index (χ0n) is 12.5. The minimum atomic E-state index is -0.304. The Kier molecular flexibility index (Phi) is 4.78. The molecule has 0 unspecified atom stereocenters. The summed E-state index contributed by atoms with van der Waals surface area (Å²) >= 11 is 5.88. The minimum absolute atomic E-state index is 0.136. The molecule has 1 aromatic carbocycles. The molecule has 1 aliphatic heterocycles. The maximum absolute atomic E-state index is 12.2. The number of halogens is 1. The molecule has 3 rings (SSSR count). The molecule has 23 heavy (non-hydrogen) atoms. The van der Waals surface area contributed by atoms with Crippen molar-refractivity contribution < 1.29 is 18.8 Å². The molecule has 0 saturated carbocycles. The lowest BCUT2D eigenvalue weighted by atomic mass is 10.2. The summed E-state index contributed by atoms with van der Waals surface area (Å²) in [5.74, 6) is 0.956. The summed E-state index contributed by atoms with van der Waals surface area (Å²) in [4.78, 5) is 16.5. The molecular weight excluding hydrogens is 322 g/mol. The first-order valence-electron chi connectivity index (χ1n) is 7.23. The predicted octanol–water partition coefficient (Wildman–Crippen LogP) is 2.51. The van der Waals surface area contributed by atoms with Gasteiger partial charge in [-0.05, 0) is 31.0 Å². The number of methoxy groups -OCH3 is 1. The van der Waals surface area contributed by atoms with Crippen molar-refractivity contribution in [1.82, 2.24) is 15.5 Å². The third-order valence-electron chi connectivity index (χ3n) is 3.50. The van der Waals surface area contributed by atoms with E-state index in [4.69, 9.17) is 25.6 Å². The first-order chi connectivity index (χ1) is 11.2. The summed E-state index contributed by atoms with van der Waals surface area (Å²) in [6.07, 6.45) is 1.72. The molecule has 0 radical (unpaired) electrons. The zero-order valence-corrected chi connectivity index (χ0v) is 13.3. The van der Waals surface area contributed by atoms with Crippen LogP contribution >= 0.6 is 11.6 Å². The Morgan fingerprint density at radius 1 is 1.52 bits per heavy atom. The van der Waals surface area contributed by atoms with Crippen LogP contribution in [0.5, 0.6) is 5.75 Å². The first-order valence-corrected chi connectivity index (χ1v) is 7.61. The zero-order chi connectivity index (χ0) is 16.2. The van der Waals surface area contributed by atoms with E-state index in [0.717, 1.165) is 12.8 Å². The largest absolute Gasteiger partial charge is 0.496 e. The summed E-state index contributed by atoms with van der Waals surface area (Å²) < 4.78 is 15.8. The number of amides is 1. The van der Waals surface area contributed by atoms with E-state index in [1.54, 1.807) is 18.2 Å². The maximum Gasteiger partial charge on any atom is 0.255 e. The molecule has 0 aliphatic carbocycles. The molecule has 122 valence electrons. The van der Waals surface area contributed by atoms with Gasteiger partial charge in [0.2, 0.25) is 0 Å². The molecule has 1 atom stereocenters. The lowest BCUT2D eigenvalue weighted by molar-refractivity contribution is 0.0835. The molecule has 1 fully saturated rings. The normalized spacial score (nSPS) is 17.2. The van der Waals surface area contributed by atoms with Gasteiger partial charge < -0.3 is 19.3 Å². The third-order valence-corrected chi connectivity index (χ3v) is 3.74. The van der Waals surface area contributed by atoms with Gasteiger partial charge in [-0.25, -0.2) is 0 Å². The average molecular weight is 338 g/mol. The maximum atomic E-state index is 12.2. The second-order valence-electron chi connectivity index (χ2n) is 5.08. The first kappa shape index (κ1) is 15.8. The minimum Gasteiger partial charge on any atom is -0.496 e. The molecule has 2 aromatic rings. The molecule has 1 amide bonds. The van der Waals surface area contributed by atoms with Crippen molar-refractivity contribution in [1.29, 1.82) is 0 Å². The van der Waals surface area contributed by atoms with Crippen molar-refractivity contribution in [2.75, 3.05) is 13.7 Å². The second kappa shape index (κ2) is 6.97. The van der Waals surface area contributed by atoms with Crippen LogP contribution in [0.3, 0.4) is 0 Å². The SMILES string of the molecule is COc1cc(Cl)ccc1C(=O)NCc1noc([C@H]2CCCO2)n1. The Hall–Kier alpha value is -2.12. The summed E-state index contributed by atoms with van der Waals surface area (Å²) in [6, 6.07) is 4.81. The van der Waals surface area contributed by atoms with Crippen LogP contribution in [-0.4, -0.2) is 29.8 Å². The van der Waals surface area contributed by atoms with Crippen LogP contribution in [0.25, 0.3) is 0 Å². The second-order valence-corrected chi connectivity index (χ2v) is 5.51. The standard InChI is InChI=1S/C15H16ClN3O4/c1-21-12-7-9(16)4-5-10(12)14(20)17-8-13-18-15(23-19-13)11-3-2-6-22-11/h4-5,7,11H,2-3,6,8H2,1H3,(H,17,20)/t11-/m1/s1. The fourth-order valence-electron chi connectivity index (χ4n) is 2.35. The van der Waals surface area contributed by atoms with Crippen molar-refractivity contribution in [3.63, 3.8) is 0 Å². The molecule has 0 bridgehead atoms. The van der Waals surface area contributed by atoms with Crippen LogP contribution in [0.15, 0.2) is 22.7 Å². The van der Waals surface area contributed by atoms with Gasteiger partial charge in [0.25, 0.3) is 11.8 Å². The Morgan fingerprint density at radius 2 is 2.39 bits per heavy atom. The van der Waals surface area contributed by atoms with E-state index in [9.17, 15) is 4.79 Å². The van der Waals surface area contributed by atoms with Gasteiger partial charge in [0, 0.05) is 11.6 Å². The molecule has 1 saturated heterocycles. The van der Waals surface area contributed by atoms with Crippen molar-refractivity contribution in [3.05, 3.63) is 40.5 Å². The summed E-state index contributed by atoms with van der Waals surface area (Å²) in [6.45, 7) is 0.857. The quantitative estimate of drug-likeness (QED) is 0.902. The van der Waals surface area contributed by atoms with Crippen molar-refractivity contribution in [3.8, 4) is 5.75 Å². The van der Waals surface area contributed by atoms with E-state index in [-0.39, 0.29) is 18.6 Å². The van der Waals surface area contributed by atoms with Gasteiger partial charge in [-0.1, -0.05) is 16.8 Å². The number of nitrogens with one attached hydrogen (secondary N) is 1. The number of carbonyl (C=O) groups is 1. The molecule has 2 heterocycles. The van der Waals surface area contributed by atoms with E-state index in [2.05, 4.69) is 15.5 Å². The number of carbonyl (C=O) groups excluding carboxylic acids is 1. The Morgan fingerprint density at radius 3 is 3.13 bits per heavy atom. The van der Waals surface area contributed by atoms with Gasteiger partial charge in [0.1, 0.15) is 11.9 Å². The van der Waals surface area contributed by atoms with Crippen LogP contribution in [0, 0.1) is 0 Å². The van der Waals surface area contributed by atoms with Crippen molar-refractivity contribution in [2.45, 2.75) is 25.5 Å². The smallest absolute Gasteiger partial charge is 0.255 e. The Labute approximate surface area is 137 Å². The van der Waals surface area contributed by atoms with Gasteiger partial charge in [-0.3, -0.25) is 4.79 Å². The van der Waals surface area contributed by atoms with Crippen LogP contribution in [0.1, 0.15) is 41.0 Å². The molecule has 1 aromatic heterocycles. The van der Waals surface area contributed by atoms with Crippen LogP contribution in [0.2, 0.25) is 5.02 Å². The van der Waals surface area contributed by atoms with E-state index in [0.29, 0.717) is 34.7 Å². The number of hydrogen-bond acceptors (Lipinski definition) is 6. The van der Waals surface area contributed by atoms with E-state index >= 15 is 0 Å². The number of nitrogens with zero attached hydrogens (tertiary/aromatic N) is 2. The Bertz CT molecular complexity index is 698. The lowest BCUT2D eigenvalue weighted by Crippen LogP contribution is -2.24. The lowest BCUT2D eigenvalue weighted by Gasteiger charge is -2.08. The van der Waals surface area contributed by atoms with Crippen LogP contribution in [0.4, 0.5) is 0 Å². The molecular formula is C15H16ClN3O4. The van der Waals surface area contributed by atoms with Gasteiger partial charge in [-0.15, -0.1) is 0 Å². The topological polar surface area (TPSA) is 86.5 Å². The van der Waals surface area contributed by atoms with Crippen LogP contribution in [-0.2, 0) is 11.3 Å². The summed E-state index contributed by atoms with van der Waals surface area (Å²) in [5.41, 5.74) is 0.389. The highest BCUT2D eigenvalue weighted by atomic mass is 35.5. The van der Waals surface area contributed by atoms with Gasteiger partial charge in [0.05, 0.1) is 19.2 Å². The molecule has 7 nitrogen and oxygen atoms in total. The number of ether oxygens (including phenoxy) is 2. The molecule has 1 aliphatic rings. The van der Waals surface area contributed by atoms with E-state index < -0.39 is 0 Å². The van der Waals surface area contributed by atoms with Gasteiger partial charge in [-0.2, -0.15) is 4.98 Å². The number of hydrogen-bond donors (Lipinski definition) is 1. The van der Waals surface area contributed by atoms with E-state index in [1.807, 2.05) is 0 Å². The number of aromatic nitrogens is 2. The van der Waals surface area contributed by atoms with Crippen molar-refractivity contribution in [2.24, 2.45) is 0 Å². The third kappa shape index (κ3) is 3.62. The van der Waals surface area contributed by atoms with Crippen LogP contribution < -0.4 is 10.1 Å². The molecule has 0 spiro atoms. The van der Waals surface area contributed by atoms with Crippen molar-refractivity contribution >= 4 is 17.5 Å². The van der Waals surface area contributed by atoms with E-state index in [1.165, 1.54) is 7.11 Å². The number of rotatable bonds is 5. The summed E-state index contributed by atoms with van der Waals surface area (Å²) in [5, 5.41) is 7.07. The fourth-order valence-corrected chi connectivity index (χ4v) is 2.51. The highest BCUT2D eigenvalue weighted by molar-refractivity contribution is 6.30. The highest BCUT2D eigenvalue weighted by Crippen LogP contribution is 2.27. The van der Waals surface area contributed by atoms with Gasteiger partial charge in [0.15, 0.2) is 5.82 Å². The van der Waals surface area contributed by atoms with Gasteiger partial charge >= 0.3 is 0 Å². The fraction of sp³-hybridized carbons (Fsp3) is 0.400. The molecule has 1 N–H and O–H groups in total. The average Bonchev–Trinajstić information content (AvgIpc) is 3.23. The molecule has 8 heteroatoms. The summed E-state index contributed by atoms with van der Waals surface area (Å²) in [7, 11) is 1.48. The predicted molar refractivity (Wildman–Crippen MR) is 81.4 cm³/mol. The Balaban J connectivity index is 1.63. The monoisotopic (exact) mass is 337 g/mol.